The Morgan fingerprint density at radius 3 is 2.12 bits per heavy atom. The van der Waals surface area contributed by atoms with Crippen molar-refractivity contribution in [2.75, 3.05) is 5.75 Å². The first-order valence-electron chi connectivity index (χ1n) is 4.66. The molecule has 0 aliphatic rings. The van der Waals surface area contributed by atoms with Gasteiger partial charge in [0.15, 0.2) is 9.84 Å². The van der Waals surface area contributed by atoms with Crippen LogP contribution in [0, 0.1) is 0 Å². The van der Waals surface area contributed by atoms with Crippen LogP contribution in [-0.2, 0) is 16.3 Å². The molecule has 0 bridgehead atoms. The van der Waals surface area contributed by atoms with Gasteiger partial charge in [-0.15, -0.1) is 0 Å². The molecule has 0 fully saturated rings. The van der Waals surface area contributed by atoms with Gasteiger partial charge in [0.25, 0.3) is 3.12 Å². The van der Waals surface area contributed by atoms with Crippen molar-refractivity contribution < 1.29 is 8.42 Å². The maximum Gasteiger partial charge on any atom is 0.292 e. The summed E-state index contributed by atoms with van der Waals surface area (Å²) in [5.41, 5.74) is 1.07. The van der Waals surface area contributed by atoms with E-state index in [2.05, 4.69) is 0 Å². The second-order valence-corrected chi connectivity index (χ2v) is 8.56. The monoisotopic (exact) mass is 300 g/mol. The van der Waals surface area contributed by atoms with Crippen LogP contribution in [0.25, 0.3) is 0 Å². The summed E-state index contributed by atoms with van der Waals surface area (Å²) in [6.07, 6.45) is 1.10. The quantitative estimate of drug-likeness (QED) is 0.799. The maximum atomic E-state index is 11.4. The lowest BCUT2D eigenvalue weighted by molar-refractivity contribution is 0.593. The summed E-state index contributed by atoms with van der Waals surface area (Å²) in [7, 11) is -3.67. The van der Waals surface area contributed by atoms with Crippen molar-refractivity contribution in [3.63, 3.8) is 0 Å². The molecule has 0 aromatic heterocycles. The number of hydrogen-bond acceptors (Lipinski definition) is 2. The van der Waals surface area contributed by atoms with E-state index < -0.39 is 13.0 Å². The lowest BCUT2D eigenvalue weighted by atomic mass is 10.1. The predicted molar refractivity (Wildman–Crippen MR) is 68.8 cm³/mol. The average molecular weight is 302 g/mol. The normalized spacial score (nSPS) is 12.7. The second-order valence-electron chi connectivity index (χ2n) is 3.35. The summed E-state index contributed by atoms with van der Waals surface area (Å²) in [6.45, 7) is 0. The van der Waals surface area contributed by atoms with E-state index in [1.807, 2.05) is 30.3 Å². The van der Waals surface area contributed by atoms with Gasteiger partial charge in [0.2, 0.25) is 0 Å². The Hall–Kier alpha value is 0.0400. The number of benzene rings is 1. The van der Waals surface area contributed by atoms with Crippen molar-refractivity contribution in [1.29, 1.82) is 0 Å². The Labute approximate surface area is 110 Å². The fourth-order valence-electron chi connectivity index (χ4n) is 1.23. The van der Waals surface area contributed by atoms with E-state index in [1.165, 1.54) is 0 Å². The Morgan fingerprint density at radius 1 is 1.06 bits per heavy atom. The predicted octanol–water partition coefficient (Wildman–Crippen LogP) is 3.36. The lowest BCUT2D eigenvalue weighted by Crippen LogP contribution is -2.23. The van der Waals surface area contributed by atoms with Gasteiger partial charge in [-0.2, -0.15) is 0 Å². The van der Waals surface area contributed by atoms with Gasteiger partial charge in [0.05, 0.1) is 5.75 Å². The molecule has 0 saturated heterocycles. The molecular weight excluding hydrogens is 291 g/mol. The fraction of sp³-hybridized carbons (Fsp3) is 0.400. The van der Waals surface area contributed by atoms with E-state index in [0.717, 1.165) is 5.56 Å². The summed E-state index contributed by atoms with van der Waals surface area (Å²) < 4.78 is 20.7. The van der Waals surface area contributed by atoms with Crippen molar-refractivity contribution in [3.05, 3.63) is 35.9 Å². The highest BCUT2D eigenvalue weighted by molar-refractivity contribution is 7.97. The molecule has 0 N–H and O–H groups in total. The molecule has 1 aromatic carbocycles. The molecule has 6 heteroatoms. The van der Waals surface area contributed by atoms with Crippen LogP contribution in [-0.4, -0.2) is 17.3 Å². The van der Waals surface area contributed by atoms with E-state index in [1.54, 1.807) is 0 Å². The standard InChI is InChI=1S/C10H11Cl3O2S/c11-10(12,13)16(14,15)8-4-7-9-5-2-1-3-6-9/h1-3,5-6H,4,7-8H2. The van der Waals surface area contributed by atoms with Gasteiger partial charge in [-0.1, -0.05) is 65.1 Å². The van der Waals surface area contributed by atoms with Gasteiger partial charge in [-0.05, 0) is 18.4 Å². The first-order valence-corrected chi connectivity index (χ1v) is 7.44. The van der Waals surface area contributed by atoms with E-state index in [9.17, 15) is 8.42 Å². The number of halogens is 3. The SMILES string of the molecule is O=S(=O)(CCCc1ccccc1)C(Cl)(Cl)Cl. The molecule has 0 aliphatic heterocycles. The molecule has 0 atom stereocenters. The molecule has 0 spiro atoms. The van der Waals surface area contributed by atoms with Crippen LogP contribution in [0.1, 0.15) is 12.0 Å². The zero-order chi connectivity index (χ0) is 12.2. The third-order valence-corrected chi connectivity index (χ3v) is 5.72. The number of rotatable bonds is 4. The first kappa shape index (κ1) is 14.1. The van der Waals surface area contributed by atoms with Crippen molar-refractivity contribution in [2.45, 2.75) is 16.0 Å². The Kier molecular flexibility index (Phi) is 4.92. The first-order chi connectivity index (χ1) is 7.33. The van der Waals surface area contributed by atoms with Gasteiger partial charge in [0, 0.05) is 0 Å². The molecule has 0 aliphatic carbocycles. The molecule has 16 heavy (non-hydrogen) atoms. The van der Waals surface area contributed by atoms with Gasteiger partial charge in [-0.3, -0.25) is 0 Å². The summed E-state index contributed by atoms with van der Waals surface area (Å²) in [6, 6.07) is 9.57. The van der Waals surface area contributed by atoms with Crippen molar-refractivity contribution in [2.24, 2.45) is 0 Å². The van der Waals surface area contributed by atoms with Crippen LogP contribution in [0.15, 0.2) is 30.3 Å². The minimum Gasteiger partial charge on any atom is -0.224 e. The highest BCUT2D eigenvalue weighted by atomic mass is 35.6. The van der Waals surface area contributed by atoms with Crippen molar-refractivity contribution in [3.8, 4) is 0 Å². The molecule has 0 heterocycles. The highest BCUT2D eigenvalue weighted by Gasteiger charge is 2.36. The fourth-order valence-corrected chi connectivity index (χ4v) is 2.68. The van der Waals surface area contributed by atoms with E-state index in [-0.39, 0.29) is 5.75 Å². The average Bonchev–Trinajstić information content (AvgIpc) is 2.17. The minimum atomic E-state index is -3.67. The third-order valence-electron chi connectivity index (χ3n) is 2.07. The van der Waals surface area contributed by atoms with E-state index >= 15 is 0 Å². The van der Waals surface area contributed by atoms with Crippen LogP contribution >= 0.6 is 34.8 Å². The van der Waals surface area contributed by atoms with Crippen LogP contribution < -0.4 is 0 Å². The molecule has 90 valence electrons. The second kappa shape index (κ2) is 5.58. The molecule has 0 amide bonds. The molecule has 0 saturated carbocycles. The highest BCUT2D eigenvalue weighted by Crippen LogP contribution is 2.33. The Morgan fingerprint density at radius 2 is 1.62 bits per heavy atom. The van der Waals surface area contributed by atoms with Crippen molar-refractivity contribution >= 4 is 44.6 Å². The summed E-state index contributed by atoms with van der Waals surface area (Å²) in [4.78, 5) is 0. The zero-order valence-electron chi connectivity index (χ0n) is 8.37. The maximum absolute atomic E-state index is 11.4. The third kappa shape index (κ3) is 4.13. The molecule has 1 rings (SSSR count). The molecule has 2 nitrogen and oxygen atoms in total. The largest absolute Gasteiger partial charge is 0.292 e. The van der Waals surface area contributed by atoms with Crippen LogP contribution in [0.5, 0.6) is 0 Å². The topological polar surface area (TPSA) is 34.1 Å². The number of sulfone groups is 1. The molecule has 0 radical (unpaired) electrons. The van der Waals surface area contributed by atoms with Crippen LogP contribution in [0.3, 0.4) is 0 Å². The minimum absolute atomic E-state index is 0.127. The number of hydrogen-bond donors (Lipinski definition) is 0. The van der Waals surface area contributed by atoms with Gasteiger partial charge >= 0.3 is 0 Å². The zero-order valence-corrected chi connectivity index (χ0v) is 11.5. The van der Waals surface area contributed by atoms with Crippen LogP contribution in [0.2, 0.25) is 0 Å². The van der Waals surface area contributed by atoms with Gasteiger partial charge < -0.3 is 0 Å². The lowest BCUT2D eigenvalue weighted by Gasteiger charge is -2.11. The van der Waals surface area contributed by atoms with E-state index in [0.29, 0.717) is 12.8 Å². The molecule has 1 aromatic rings. The summed E-state index contributed by atoms with van der Waals surface area (Å²) >= 11 is 16.0. The summed E-state index contributed by atoms with van der Waals surface area (Å²) in [5, 5.41) is 0. The molecular formula is C10H11Cl3O2S. The van der Waals surface area contributed by atoms with Crippen LogP contribution in [0.4, 0.5) is 0 Å². The molecule has 0 unspecified atom stereocenters. The van der Waals surface area contributed by atoms with Gasteiger partial charge in [-0.25, -0.2) is 8.42 Å². The van der Waals surface area contributed by atoms with Gasteiger partial charge in [0.1, 0.15) is 0 Å². The number of aryl methyl sites for hydroxylation is 1. The summed E-state index contributed by atoms with van der Waals surface area (Å²) in [5.74, 6) is -0.127. The number of alkyl halides is 3. The van der Waals surface area contributed by atoms with Crippen molar-refractivity contribution in [1.82, 2.24) is 0 Å². The Bertz CT molecular complexity index is 423. The Balaban J connectivity index is 2.49. The van der Waals surface area contributed by atoms with E-state index in [4.69, 9.17) is 34.8 Å². The smallest absolute Gasteiger partial charge is 0.224 e.